The minimum absolute atomic E-state index is 0.0528. The largest absolute Gasteiger partial charge is 0.424 e. The summed E-state index contributed by atoms with van der Waals surface area (Å²) in [6.07, 6.45) is 1.96. The molecule has 1 aliphatic heterocycles. The maximum atomic E-state index is 13.7. The van der Waals surface area contributed by atoms with E-state index < -0.39 is 0 Å². The number of benzene rings is 2. The minimum atomic E-state index is -0.310. The van der Waals surface area contributed by atoms with Gasteiger partial charge in [-0.05, 0) is 55.5 Å². The topological polar surface area (TPSA) is 71.3 Å². The Morgan fingerprint density at radius 2 is 2.06 bits per heavy atom. The number of halogens is 2. The maximum absolute atomic E-state index is 13.7. The molecule has 0 unspecified atom stereocenters. The fourth-order valence-electron chi connectivity index (χ4n) is 4.48. The van der Waals surface area contributed by atoms with E-state index in [-0.39, 0.29) is 23.7 Å². The third-order valence-corrected chi connectivity index (χ3v) is 7.49. The van der Waals surface area contributed by atoms with E-state index in [9.17, 15) is 9.18 Å². The van der Waals surface area contributed by atoms with Crippen LogP contribution in [0.25, 0.3) is 21.5 Å². The first-order valence-electron chi connectivity index (χ1n) is 11.2. The SMILES string of the molecule is Cc1nc(C(=O)N2CCC[C@@H](C)[C@H]2CNc2nc3ccc(Cl)cc3o2)c(-c2ccc(F)cc2)s1. The Kier molecular flexibility index (Phi) is 6.27. The molecular weight excluding hydrogens is 475 g/mol. The van der Waals surface area contributed by atoms with E-state index in [1.54, 1.807) is 24.3 Å². The maximum Gasteiger partial charge on any atom is 0.295 e. The molecule has 4 aromatic rings. The van der Waals surface area contributed by atoms with Crippen molar-refractivity contribution >= 4 is 46.0 Å². The second-order valence-electron chi connectivity index (χ2n) is 8.61. The number of rotatable bonds is 5. The first-order valence-corrected chi connectivity index (χ1v) is 12.4. The number of carbonyl (C=O) groups is 1. The molecule has 0 spiro atoms. The van der Waals surface area contributed by atoms with Crippen LogP contribution in [0, 0.1) is 18.7 Å². The summed E-state index contributed by atoms with van der Waals surface area (Å²) >= 11 is 7.50. The number of likely N-dealkylation sites (tertiary alicyclic amines) is 1. The lowest BCUT2D eigenvalue weighted by Gasteiger charge is -2.39. The summed E-state index contributed by atoms with van der Waals surface area (Å²) in [6.45, 7) is 5.19. The summed E-state index contributed by atoms with van der Waals surface area (Å²) in [5, 5.41) is 4.66. The van der Waals surface area contributed by atoms with Gasteiger partial charge in [0.05, 0.1) is 15.9 Å². The first kappa shape index (κ1) is 22.8. The average Bonchev–Trinajstić information content (AvgIpc) is 3.40. The van der Waals surface area contributed by atoms with Crippen LogP contribution >= 0.6 is 22.9 Å². The molecule has 0 radical (unpaired) electrons. The molecular formula is C25H24ClFN4O2S. The predicted octanol–water partition coefficient (Wildman–Crippen LogP) is 6.41. The van der Waals surface area contributed by atoms with Gasteiger partial charge in [-0.2, -0.15) is 4.98 Å². The van der Waals surface area contributed by atoms with Crippen LogP contribution in [0.15, 0.2) is 46.9 Å². The first-order chi connectivity index (χ1) is 16.4. The summed E-state index contributed by atoms with van der Waals surface area (Å²) in [5.41, 5.74) is 2.55. The Hall–Kier alpha value is -2.97. The highest BCUT2D eigenvalue weighted by atomic mass is 35.5. The van der Waals surface area contributed by atoms with Gasteiger partial charge in [0, 0.05) is 24.2 Å². The molecule has 1 amide bonds. The summed E-state index contributed by atoms with van der Waals surface area (Å²) in [7, 11) is 0. The number of aromatic nitrogens is 2. The van der Waals surface area contributed by atoms with Crippen molar-refractivity contribution in [1.29, 1.82) is 0 Å². The number of hydrogen-bond donors (Lipinski definition) is 1. The lowest BCUT2D eigenvalue weighted by molar-refractivity contribution is 0.0534. The summed E-state index contributed by atoms with van der Waals surface area (Å²) < 4.78 is 19.2. The molecule has 6 nitrogen and oxygen atoms in total. The molecule has 5 rings (SSSR count). The van der Waals surface area contributed by atoms with Gasteiger partial charge in [-0.15, -0.1) is 11.3 Å². The number of carbonyl (C=O) groups excluding carboxylic acids is 1. The Morgan fingerprint density at radius 1 is 1.26 bits per heavy atom. The zero-order valence-corrected chi connectivity index (χ0v) is 20.4. The highest BCUT2D eigenvalue weighted by molar-refractivity contribution is 7.15. The molecule has 176 valence electrons. The molecule has 0 saturated carbocycles. The van der Waals surface area contributed by atoms with Gasteiger partial charge in [-0.3, -0.25) is 4.79 Å². The highest BCUT2D eigenvalue weighted by Gasteiger charge is 2.34. The number of aryl methyl sites for hydroxylation is 1. The smallest absolute Gasteiger partial charge is 0.295 e. The molecule has 2 atom stereocenters. The van der Waals surface area contributed by atoms with E-state index in [0.29, 0.717) is 35.4 Å². The molecule has 2 aromatic heterocycles. The molecule has 1 fully saturated rings. The minimum Gasteiger partial charge on any atom is -0.424 e. The molecule has 1 N–H and O–H groups in total. The third kappa shape index (κ3) is 4.52. The second kappa shape index (κ2) is 9.35. The predicted molar refractivity (Wildman–Crippen MR) is 133 cm³/mol. The third-order valence-electron chi connectivity index (χ3n) is 6.23. The van der Waals surface area contributed by atoms with E-state index in [0.717, 1.165) is 33.8 Å². The Labute approximate surface area is 205 Å². The number of nitrogens with one attached hydrogen (secondary N) is 1. The van der Waals surface area contributed by atoms with Crippen LogP contribution in [0.3, 0.4) is 0 Å². The van der Waals surface area contributed by atoms with Crippen molar-refractivity contribution in [1.82, 2.24) is 14.9 Å². The normalized spacial score (nSPS) is 18.4. The van der Waals surface area contributed by atoms with Gasteiger partial charge in [-0.1, -0.05) is 30.7 Å². The van der Waals surface area contributed by atoms with Gasteiger partial charge in [0.15, 0.2) is 5.58 Å². The van der Waals surface area contributed by atoms with Crippen LogP contribution in [0.1, 0.15) is 35.3 Å². The Morgan fingerprint density at radius 3 is 2.85 bits per heavy atom. The van der Waals surface area contributed by atoms with Gasteiger partial charge >= 0.3 is 0 Å². The molecule has 3 heterocycles. The van der Waals surface area contributed by atoms with Gasteiger partial charge in [-0.25, -0.2) is 9.37 Å². The van der Waals surface area contributed by atoms with Gasteiger partial charge < -0.3 is 14.6 Å². The van der Waals surface area contributed by atoms with Crippen molar-refractivity contribution < 1.29 is 13.6 Å². The average molecular weight is 499 g/mol. The molecule has 2 aromatic carbocycles. The van der Waals surface area contributed by atoms with Crippen molar-refractivity contribution in [2.45, 2.75) is 32.7 Å². The van der Waals surface area contributed by atoms with Crippen molar-refractivity contribution in [2.24, 2.45) is 5.92 Å². The number of fused-ring (bicyclic) bond motifs is 1. The lowest BCUT2D eigenvalue weighted by atomic mass is 9.90. The fourth-order valence-corrected chi connectivity index (χ4v) is 5.56. The molecule has 0 bridgehead atoms. The van der Waals surface area contributed by atoms with E-state index in [1.165, 1.54) is 23.5 Å². The number of amides is 1. The number of oxazole rings is 1. The molecule has 9 heteroatoms. The van der Waals surface area contributed by atoms with Crippen molar-refractivity contribution in [3.05, 3.63) is 64.0 Å². The molecule has 1 saturated heterocycles. The molecule has 34 heavy (non-hydrogen) atoms. The van der Waals surface area contributed by atoms with Crippen LogP contribution in [-0.4, -0.2) is 39.9 Å². The number of nitrogens with zero attached hydrogens (tertiary/aromatic N) is 3. The summed E-state index contributed by atoms with van der Waals surface area (Å²) in [4.78, 5) is 25.4. The number of piperidine rings is 1. The van der Waals surface area contributed by atoms with E-state index in [4.69, 9.17) is 16.0 Å². The second-order valence-corrected chi connectivity index (χ2v) is 10.3. The number of thiazole rings is 1. The number of anilines is 1. The van der Waals surface area contributed by atoms with Crippen LogP contribution in [0.5, 0.6) is 0 Å². The zero-order chi connectivity index (χ0) is 23.8. The van der Waals surface area contributed by atoms with Gasteiger partial charge in [0.1, 0.15) is 17.0 Å². The van der Waals surface area contributed by atoms with Crippen LogP contribution in [-0.2, 0) is 0 Å². The van der Waals surface area contributed by atoms with Gasteiger partial charge in [0.25, 0.3) is 11.9 Å². The Balaban J connectivity index is 1.39. The van der Waals surface area contributed by atoms with Crippen LogP contribution in [0.2, 0.25) is 5.02 Å². The number of hydrogen-bond acceptors (Lipinski definition) is 6. The molecule has 0 aliphatic carbocycles. The quantitative estimate of drug-likeness (QED) is 0.344. The van der Waals surface area contributed by atoms with E-state index in [2.05, 4.69) is 22.2 Å². The zero-order valence-electron chi connectivity index (χ0n) is 18.8. The summed E-state index contributed by atoms with van der Waals surface area (Å²) in [5.74, 6) is -0.125. The standard InChI is InChI=1S/C25H24ClFN4O2S/c1-14-4-3-11-31(20(14)13-28-25-30-19-10-7-17(26)12-21(19)33-25)24(32)22-23(34-15(2)29-22)16-5-8-18(27)9-6-16/h5-10,12,14,20H,3-4,11,13H2,1-2H3,(H,28,30)/t14-,20-/m1/s1. The molecule has 1 aliphatic rings. The van der Waals surface area contributed by atoms with Crippen molar-refractivity contribution in [2.75, 3.05) is 18.4 Å². The lowest BCUT2D eigenvalue weighted by Crippen LogP contribution is -2.51. The van der Waals surface area contributed by atoms with E-state index >= 15 is 0 Å². The highest BCUT2D eigenvalue weighted by Crippen LogP contribution is 2.33. The van der Waals surface area contributed by atoms with Crippen LogP contribution < -0.4 is 5.32 Å². The van der Waals surface area contributed by atoms with Gasteiger partial charge in [0.2, 0.25) is 0 Å². The van der Waals surface area contributed by atoms with Crippen LogP contribution in [0.4, 0.5) is 10.4 Å². The fraction of sp³-hybridized carbons (Fsp3) is 0.320. The summed E-state index contributed by atoms with van der Waals surface area (Å²) in [6, 6.07) is 11.9. The van der Waals surface area contributed by atoms with Crippen molar-refractivity contribution in [3.8, 4) is 10.4 Å². The van der Waals surface area contributed by atoms with E-state index in [1.807, 2.05) is 17.9 Å². The monoisotopic (exact) mass is 498 g/mol. The Bertz CT molecular complexity index is 1340. The van der Waals surface area contributed by atoms with Crippen molar-refractivity contribution in [3.63, 3.8) is 0 Å².